The fourth-order valence-electron chi connectivity index (χ4n) is 4.55. The minimum absolute atomic E-state index is 0.0828. The highest BCUT2D eigenvalue weighted by Gasteiger charge is 2.26. The molecule has 5 rings (SSSR count). The van der Waals surface area contributed by atoms with E-state index < -0.39 is 0 Å². The van der Waals surface area contributed by atoms with E-state index in [1.807, 2.05) is 45.5 Å². The van der Waals surface area contributed by atoms with Gasteiger partial charge >= 0.3 is 5.69 Å². The van der Waals surface area contributed by atoms with Gasteiger partial charge in [-0.2, -0.15) is 0 Å². The van der Waals surface area contributed by atoms with Gasteiger partial charge in [0.15, 0.2) is 0 Å². The summed E-state index contributed by atoms with van der Waals surface area (Å²) >= 11 is 0. The Hall–Kier alpha value is -3.27. The Kier molecular flexibility index (Phi) is 4.47. The van der Waals surface area contributed by atoms with Crippen LogP contribution in [0.4, 0.5) is 0 Å². The van der Waals surface area contributed by atoms with Gasteiger partial charge in [-0.1, -0.05) is 60.7 Å². The zero-order valence-corrected chi connectivity index (χ0v) is 16.7. The number of hydrogen-bond acceptors (Lipinski definition) is 1. The molecule has 29 heavy (non-hydrogen) atoms. The number of rotatable bonds is 4. The van der Waals surface area contributed by atoms with Crippen LogP contribution in [0.3, 0.4) is 0 Å². The molecule has 0 saturated heterocycles. The number of aryl methyl sites for hydroxylation is 1. The molecule has 1 aliphatic rings. The van der Waals surface area contributed by atoms with Crippen molar-refractivity contribution < 1.29 is 0 Å². The summed E-state index contributed by atoms with van der Waals surface area (Å²) in [5.41, 5.74) is 7.19. The fraction of sp³-hybridized carbons (Fsp3) is 0.240. The third-order valence-electron chi connectivity index (χ3n) is 5.98. The van der Waals surface area contributed by atoms with Gasteiger partial charge in [-0.15, -0.1) is 0 Å². The van der Waals surface area contributed by atoms with Gasteiger partial charge in [-0.25, -0.2) is 4.79 Å². The minimum Gasteiger partial charge on any atom is -0.354 e. The van der Waals surface area contributed by atoms with Crippen LogP contribution in [0, 0.1) is 0 Å². The Morgan fingerprint density at radius 3 is 2.00 bits per heavy atom. The maximum absolute atomic E-state index is 13.6. The van der Waals surface area contributed by atoms with Crippen molar-refractivity contribution in [2.45, 2.75) is 32.4 Å². The molecule has 4 heteroatoms. The van der Waals surface area contributed by atoms with Crippen LogP contribution >= 0.6 is 0 Å². The van der Waals surface area contributed by atoms with Crippen LogP contribution in [0.1, 0.15) is 28.9 Å². The summed E-state index contributed by atoms with van der Waals surface area (Å²) in [6, 6.07) is 22.7. The highest BCUT2D eigenvalue weighted by Crippen LogP contribution is 2.33. The molecule has 0 N–H and O–H groups in total. The van der Waals surface area contributed by atoms with Crippen LogP contribution in [-0.4, -0.2) is 13.7 Å². The van der Waals surface area contributed by atoms with Crippen LogP contribution in [0.25, 0.3) is 11.3 Å². The molecule has 0 unspecified atom stereocenters. The molecule has 2 aromatic heterocycles. The lowest BCUT2D eigenvalue weighted by atomic mass is 10.1. The van der Waals surface area contributed by atoms with Crippen molar-refractivity contribution in [2.24, 2.45) is 7.05 Å². The normalized spacial score (nSPS) is 13.0. The molecule has 0 radical (unpaired) electrons. The predicted molar refractivity (Wildman–Crippen MR) is 116 cm³/mol. The van der Waals surface area contributed by atoms with E-state index in [4.69, 9.17) is 0 Å². The SMILES string of the molecule is Cn1ccc2c1CCCc1c-2n(Cc2ccccc2)c(=O)n1Cc1ccccc1. The molecule has 0 saturated carbocycles. The van der Waals surface area contributed by atoms with E-state index in [1.165, 1.54) is 17.0 Å². The molecule has 0 aliphatic heterocycles. The molecule has 0 fully saturated rings. The molecule has 1 aliphatic carbocycles. The Morgan fingerprint density at radius 2 is 1.34 bits per heavy atom. The summed E-state index contributed by atoms with van der Waals surface area (Å²) in [6.07, 6.45) is 5.14. The Morgan fingerprint density at radius 1 is 0.759 bits per heavy atom. The van der Waals surface area contributed by atoms with Crippen LogP contribution in [0.5, 0.6) is 0 Å². The van der Waals surface area contributed by atoms with Crippen molar-refractivity contribution in [1.82, 2.24) is 13.7 Å². The summed E-state index contributed by atoms with van der Waals surface area (Å²) in [5.74, 6) is 0. The quantitative estimate of drug-likeness (QED) is 0.519. The third-order valence-corrected chi connectivity index (χ3v) is 5.98. The number of fused-ring (bicyclic) bond motifs is 3. The van der Waals surface area contributed by atoms with Gasteiger partial charge in [0.05, 0.1) is 18.8 Å². The van der Waals surface area contributed by atoms with Gasteiger partial charge < -0.3 is 4.57 Å². The van der Waals surface area contributed by atoms with Gasteiger partial charge in [0, 0.05) is 30.2 Å². The maximum atomic E-state index is 13.6. The minimum atomic E-state index is 0.0828. The molecule has 4 nitrogen and oxygen atoms in total. The number of hydrogen-bond donors (Lipinski definition) is 0. The summed E-state index contributed by atoms with van der Waals surface area (Å²) in [4.78, 5) is 13.6. The monoisotopic (exact) mass is 383 g/mol. The van der Waals surface area contributed by atoms with Crippen molar-refractivity contribution in [3.05, 3.63) is 106 Å². The molecule has 0 amide bonds. The number of aromatic nitrogens is 3. The Labute approximate surface area is 170 Å². The van der Waals surface area contributed by atoms with Crippen LogP contribution in [0.15, 0.2) is 77.7 Å². The average Bonchev–Trinajstić information content (AvgIpc) is 3.14. The predicted octanol–water partition coefficient (Wildman–Crippen LogP) is 4.24. The second-order valence-corrected chi connectivity index (χ2v) is 7.86. The molecule has 0 spiro atoms. The van der Waals surface area contributed by atoms with E-state index in [9.17, 15) is 4.79 Å². The summed E-state index contributed by atoms with van der Waals surface area (Å²) in [6.45, 7) is 1.21. The molecule has 2 heterocycles. The molecular formula is C25H25N3O. The second kappa shape index (κ2) is 7.28. The fourth-order valence-corrected chi connectivity index (χ4v) is 4.55. The Balaban J connectivity index is 1.71. The largest absolute Gasteiger partial charge is 0.354 e. The molecule has 2 aromatic carbocycles. The number of benzene rings is 2. The van der Waals surface area contributed by atoms with Crippen LogP contribution in [-0.2, 0) is 33.0 Å². The summed E-state index contributed by atoms with van der Waals surface area (Å²) < 4.78 is 6.18. The second-order valence-electron chi connectivity index (χ2n) is 7.86. The zero-order valence-electron chi connectivity index (χ0n) is 16.7. The molecule has 0 atom stereocenters. The van der Waals surface area contributed by atoms with Gasteiger partial charge in [-0.05, 0) is 36.5 Å². The molecule has 4 aromatic rings. The third kappa shape index (κ3) is 3.15. The molecule has 146 valence electrons. The lowest BCUT2D eigenvalue weighted by Gasteiger charge is -2.09. The molecular weight excluding hydrogens is 358 g/mol. The first-order chi connectivity index (χ1) is 14.2. The van der Waals surface area contributed by atoms with Gasteiger partial charge in [0.25, 0.3) is 0 Å². The van der Waals surface area contributed by atoms with E-state index >= 15 is 0 Å². The first-order valence-electron chi connectivity index (χ1n) is 10.3. The zero-order chi connectivity index (χ0) is 19.8. The van der Waals surface area contributed by atoms with Gasteiger partial charge in [-0.3, -0.25) is 9.13 Å². The van der Waals surface area contributed by atoms with E-state index in [-0.39, 0.29) is 5.69 Å². The number of imidazole rings is 1. The van der Waals surface area contributed by atoms with E-state index in [2.05, 4.69) is 48.1 Å². The van der Waals surface area contributed by atoms with Crippen molar-refractivity contribution in [3.8, 4) is 11.3 Å². The van der Waals surface area contributed by atoms with E-state index in [0.717, 1.165) is 36.1 Å². The average molecular weight is 383 g/mol. The summed E-state index contributed by atoms with van der Waals surface area (Å²) in [7, 11) is 2.10. The number of nitrogens with zero attached hydrogens (tertiary/aromatic N) is 3. The van der Waals surface area contributed by atoms with Crippen molar-refractivity contribution in [2.75, 3.05) is 0 Å². The lowest BCUT2D eigenvalue weighted by Crippen LogP contribution is -2.26. The van der Waals surface area contributed by atoms with Crippen molar-refractivity contribution in [3.63, 3.8) is 0 Å². The van der Waals surface area contributed by atoms with Gasteiger partial charge in [0.1, 0.15) is 0 Å². The first kappa shape index (κ1) is 17.8. The van der Waals surface area contributed by atoms with E-state index in [1.54, 1.807) is 0 Å². The Bertz CT molecular complexity index is 1200. The van der Waals surface area contributed by atoms with Crippen molar-refractivity contribution >= 4 is 0 Å². The first-order valence-corrected chi connectivity index (χ1v) is 10.3. The topological polar surface area (TPSA) is 31.9 Å². The summed E-state index contributed by atoms with van der Waals surface area (Å²) in [5, 5.41) is 0. The van der Waals surface area contributed by atoms with Gasteiger partial charge in [0.2, 0.25) is 0 Å². The highest BCUT2D eigenvalue weighted by atomic mass is 16.1. The van der Waals surface area contributed by atoms with Crippen LogP contribution < -0.4 is 5.69 Å². The molecule has 0 bridgehead atoms. The smallest absolute Gasteiger partial charge is 0.329 e. The lowest BCUT2D eigenvalue weighted by molar-refractivity contribution is 0.652. The van der Waals surface area contributed by atoms with E-state index in [0.29, 0.717) is 13.1 Å². The standard InChI is InChI=1S/C25H25N3O/c1-26-16-15-21-22(26)13-8-14-23-24(21)28(18-20-11-6-3-7-12-20)25(29)27(23)17-19-9-4-2-5-10-19/h2-7,9-12,15-16H,8,13-14,17-18H2,1H3. The van der Waals surface area contributed by atoms with Crippen LogP contribution in [0.2, 0.25) is 0 Å². The maximum Gasteiger partial charge on any atom is 0.329 e. The van der Waals surface area contributed by atoms with Crippen molar-refractivity contribution in [1.29, 1.82) is 0 Å². The highest BCUT2D eigenvalue weighted by molar-refractivity contribution is 5.67.